The molecule has 0 radical (unpaired) electrons. The summed E-state index contributed by atoms with van der Waals surface area (Å²) in [6, 6.07) is 0.587. The third-order valence-electron chi connectivity index (χ3n) is 3.87. The Kier molecular flexibility index (Phi) is 7.87. The molecule has 3 unspecified atom stereocenters. The first-order valence-corrected chi connectivity index (χ1v) is 7.64. The summed E-state index contributed by atoms with van der Waals surface area (Å²) >= 11 is 0. The van der Waals surface area contributed by atoms with E-state index >= 15 is 0 Å². The van der Waals surface area contributed by atoms with Crippen LogP contribution in [0.1, 0.15) is 65.7 Å². The standard InChI is InChI=1S/C15H31NO/c1-4-6-7-8-9-14(16-11-5-2)15-13(3)10-12-17-15/h13-16H,4-12H2,1-3H3. The Morgan fingerprint density at radius 2 is 2.00 bits per heavy atom. The molecule has 3 atom stereocenters. The molecule has 1 aliphatic rings. The van der Waals surface area contributed by atoms with Crippen LogP contribution in [-0.4, -0.2) is 25.3 Å². The van der Waals surface area contributed by atoms with E-state index in [1.165, 1.54) is 44.9 Å². The summed E-state index contributed by atoms with van der Waals surface area (Å²) in [4.78, 5) is 0. The molecule has 1 N–H and O–H groups in total. The van der Waals surface area contributed by atoms with Crippen molar-refractivity contribution in [2.24, 2.45) is 5.92 Å². The third-order valence-corrected chi connectivity index (χ3v) is 3.87. The molecule has 1 aliphatic heterocycles. The fraction of sp³-hybridized carbons (Fsp3) is 1.00. The summed E-state index contributed by atoms with van der Waals surface area (Å²) in [6.45, 7) is 8.94. The smallest absolute Gasteiger partial charge is 0.0754 e. The average Bonchev–Trinajstić information content (AvgIpc) is 2.75. The van der Waals surface area contributed by atoms with Gasteiger partial charge in [0.05, 0.1) is 6.10 Å². The molecule has 0 aromatic rings. The van der Waals surface area contributed by atoms with Crippen molar-refractivity contribution in [2.45, 2.75) is 77.9 Å². The number of nitrogens with one attached hydrogen (secondary N) is 1. The van der Waals surface area contributed by atoms with Crippen LogP contribution in [-0.2, 0) is 4.74 Å². The van der Waals surface area contributed by atoms with Crippen molar-refractivity contribution in [3.63, 3.8) is 0 Å². The molecule has 1 heterocycles. The third kappa shape index (κ3) is 5.39. The van der Waals surface area contributed by atoms with Gasteiger partial charge >= 0.3 is 0 Å². The van der Waals surface area contributed by atoms with Gasteiger partial charge in [0.1, 0.15) is 0 Å². The van der Waals surface area contributed by atoms with Gasteiger partial charge in [0.15, 0.2) is 0 Å². The van der Waals surface area contributed by atoms with Crippen molar-refractivity contribution in [1.82, 2.24) is 5.32 Å². The van der Waals surface area contributed by atoms with Gasteiger partial charge in [-0.05, 0) is 31.7 Å². The van der Waals surface area contributed by atoms with Gasteiger partial charge < -0.3 is 10.1 Å². The van der Waals surface area contributed by atoms with E-state index < -0.39 is 0 Å². The van der Waals surface area contributed by atoms with Crippen LogP contribution in [0.4, 0.5) is 0 Å². The lowest BCUT2D eigenvalue weighted by atomic mass is 9.93. The normalized spacial score (nSPS) is 26.3. The van der Waals surface area contributed by atoms with E-state index in [-0.39, 0.29) is 0 Å². The van der Waals surface area contributed by atoms with E-state index in [9.17, 15) is 0 Å². The molecule has 1 saturated heterocycles. The van der Waals surface area contributed by atoms with E-state index in [4.69, 9.17) is 4.74 Å². The van der Waals surface area contributed by atoms with Gasteiger partial charge in [-0.2, -0.15) is 0 Å². The van der Waals surface area contributed by atoms with E-state index in [0.29, 0.717) is 12.1 Å². The Balaban J connectivity index is 2.31. The molecule has 102 valence electrons. The van der Waals surface area contributed by atoms with Crippen molar-refractivity contribution in [3.05, 3.63) is 0 Å². The van der Waals surface area contributed by atoms with Crippen LogP contribution in [0.2, 0.25) is 0 Å². The Morgan fingerprint density at radius 3 is 2.59 bits per heavy atom. The number of hydrogen-bond acceptors (Lipinski definition) is 2. The topological polar surface area (TPSA) is 21.3 Å². The highest BCUT2D eigenvalue weighted by Gasteiger charge is 2.31. The molecule has 1 rings (SSSR count). The maximum Gasteiger partial charge on any atom is 0.0754 e. The molecule has 0 aromatic carbocycles. The van der Waals surface area contributed by atoms with Crippen LogP contribution < -0.4 is 5.32 Å². The first-order valence-electron chi connectivity index (χ1n) is 7.64. The quantitative estimate of drug-likeness (QED) is 0.621. The summed E-state index contributed by atoms with van der Waals surface area (Å²) < 4.78 is 5.92. The fourth-order valence-corrected chi connectivity index (χ4v) is 2.73. The van der Waals surface area contributed by atoms with Gasteiger partial charge in [-0.3, -0.25) is 0 Å². The van der Waals surface area contributed by atoms with E-state index in [1.54, 1.807) is 0 Å². The maximum atomic E-state index is 5.92. The first kappa shape index (κ1) is 15.0. The number of hydrogen-bond donors (Lipinski definition) is 1. The Hall–Kier alpha value is -0.0800. The second-order valence-electron chi connectivity index (χ2n) is 5.51. The molecule has 0 saturated carbocycles. The van der Waals surface area contributed by atoms with Gasteiger partial charge in [-0.25, -0.2) is 0 Å². The van der Waals surface area contributed by atoms with Crippen LogP contribution in [0.5, 0.6) is 0 Å². The second kappa shape index (κ2) is 8.93. The summed E-state index contributed by atoms with van der Waals surface area (Å²) in [5.41, 5.74) is 0. The molecule has 0 spiro atoms. The van der Waals surface area contributed by atoms with Crippen LogP contribution >= 0.6 is 0 Å². The Morgan fingerprint density at radius 1 is 1.18 bits per heavy atom. The van der Waals surface area contributed by atoms with Gasteiger partial charge in [0, 0.05) is 12.6 Å². The summed E-state index contributed by atoms with van der Waals surface area (Å²) in [5.74, 6) is 0.732. The molecule has 2 nitrogen and oxygen atoms in total. The second-order valence-corrected chi connectivity index (χ2v) is 5.51. The predicted molar refractivity (Wildman–Crippen MR) is 74.4 cm³/mol. The van der Waals surface area contributed by atoms with Crippen molar-refractivity contribution in [2.75, 3.05) is 13.2 Å². The first-order chi connectivity index (χ1) is 8.29. The van der Waals surface area contributed by atoms with Crippen molar-refractivity contribution in [3.8, 4) is 0 Å². The Bertz CT molecular complexity index is 184. The molecular formula is C15H31NO. The number of unbranched alkanes of at least 4 members (excludes halogenated alkanes) is 3. The summed E-state index contributed by atoms with van der Waals surface area (Å²) in [7, 11) is 0. The van der Waals surface area contributed by atoms with Crippen LogP contribution in [0.3, 0.4) is 0 Å². The van der Waals surface area contributed by atoms with Gasteiger partial charge in [-0.1, -0.05) is 46.5 Å². The van der Waals surface area contributed by atoms with Crippen LogP contribution in [0, 0.1) is 5.92 Å². The number of rotatable bonds is 9. The molecule has 0 aliphatic carbocycles. The highest BCUT2D eigenvalue weighted by molar-refractivity contribution is 4.84. The molecular weight excluding hydrogens is 210 g/mol. The molecule has 1 fully saturated rings. The zero-order chi connectivity index (χ0) is 12.5. The van der Waals surface area contributed by atoms with Gasteiger partial charge in [-0.15, -0.1) is 0 Å². The molecule has 0 bridgehead atoms. The van der Waals surface area contributed by atoms with Crippen molar-refractivity contribution < 1.29 is 4.74 Å². The van der Waals surface area contributed by atoms with Crippen LogP contribution in [0.15, 0.2) is 0 Å². The van der Waals surface area contributed by atoms with Gasteiger partial charge in [0.2, 0.25) is 0 Å². The lowest BCUT2D eigenvalue weighted by Gasteiger charge is -2.27. The van der Waals surface area contributed by atoms with Crippen molar-refractivity contribution in [1.29, 1.82) is 0 Å². The minimum absolute atomic E-state index is 0.461. The lowest BCUT2D eigenvalue weighted by molar-refractivity contribution is 0.0574. The molecule has 0 aromatic heterocycles. The highest BCUT2D eigenvalue weighted by Crippen LogP contribution is 2.25. The SMILES string of the molecule is CCCCCCC(NCCC)C1OCCC1C. The minimum atomic E-state index is 0.461. The zero-order valence-corrected chi connectivity index (χ0v) is 12.0. The van der Waals surface area contributed by atoms with E-state index in [0.717, 1.165) is 19.1 Å². The minimum Gasteiger partial charge on any atom is -0.376 e. The lowest BCUT2D eigenvalue weighted by Crippen LogP contribution is -2.42. The van der Waals surface area contributed by atoms with Gasteiger partial charge in [0.25, 0.3) is 0 Å². The number of ether oxygens (including phenoxy) is 1. The predicted octanol–water partition coefficient (Wildman–Crippen LogP) is 3.75. The molecule has 2 heteroatoms. The maximum absolute atomic E-state index is 5.92. The molecule has 0 amide bonds. The average molecular weight is 241 g/mol. The van der Waals surface area contributed by atoms with E-state index in [1.807, 2.05) is 0 Å². The zero-order valence-electron chi connectivity index (χ0n) is 12.0. The van der Waals surface area contributed by atoms with Crippen molar-refractivity contribution >= 4 is 0 Å². The fourth-order valence-electron chi connectivity index (χ4n) is 2.73. The molecule has 17 heavy (non-hydrogen) atoms. The monoisotopic (exact) mass is 241 g/mol. The summed E-state index contributed by atoms with van der Waals surface area (Å²) in [5, 5.41) is 3.69. The van der Waals surface area contributed by atoms with E-state index in [2.05, 4.69) is 26.1 Å². The largest absolute Gasteiger partial charge is 0.376 e. The Labute approximate surface area is 108 Å². The van der Waals surface area contributed by atoms with Crippen LogP contribution in [0.25, 0.3) is 0 Å². The summed E-state index contributed by atoms with van der Waals surface area (Å²) in [6.07, 6.45) is 9.63. The highest BCUT2D eigenvalue weighted by atomic mass is 16.5.